The van der Waals surface area contributed by atoms with Crippen LogP contribution < -0.4 is 5.32 Å². The molecule has 1 N–H and O–H groups in total. The van der Waals surface area contributed by atoms with E-state index in [1.54, 1.807) is 0 Å². The highest BCUT2D eigenvalue weighted by Crippen LogP contribution is 2.13. The van der Waals surface area contributed by atoms with Crippen LogP contribution in [0, 0.1) is 0 Å². The summed E-state index contributed by atoms with van der Waals surface area (Å²) in [5, 5.41) is 3.49. The summed E-state index contributed by atoms with van der Waals surface area (Å²) in [4.78, 5) is 0. The van der Waals surface area contributed by atoms with Gasteiger partial charge in [0.1, 0.15) is 0 Å². The number of halogens is 1. The molecule has 2 nitrogen and oxygen atoms in total. The highest BCUT2D eigenvalue weighted by Gasteiger charge is 2.01. The number of hydrogen-bond donors (Lipinski definition) is 1. The molecule has 2 aromatic rings. The summed E-state index contributed by atoms with van der Waals surface area (Å²) in [6, 6.07) is 16.8. The quantitative estimate of drug-likeness (QED) is 0.816. The standard InChI is InChI=1S/C17H20BrNO/c1-2-20-13-16-8-4-3-7-15(16)12-19-11-14-6-5-9-17(18)10-14/h3-10,19H,2,11-13H2,1H3. The highest BCUT2D eigenvalue weighted by atomic mass is 79.9. The summed E-state index contributed by atoms with van der Waals surface area (Å²) in [5.74, 6) is 0. The molecule has 0 aromatic heterocycles. The van der Waals surface area contributed by atoms with E-state index in [1.165, 1.54) is 16.7 Å². The normalized spacial score (nSPS) is 10.7. The maximum Gasteiger partial charge on any atom is 0.0719 e. The SMILES string of the molecule is CCOCc1ccccc1CNCc1cccc(Br)c1. The van der Waals surface area contributed by atoms with Gasteiger partial charge in [-0.25, -0.2) is 0 Å². The maximum atomic E-state index is 5.51. The van der Waals surface area contributed by atoms with Gasteiger partial charge >= 0.3 is 0 Å². The average Bonchev–Trinajstić information content (AvgIpc) is 2.46. The van der Waals surface area contributed by atoms with Gasteiger partial charge in [0.25, 0.3) is 0 Å². The minimum atomic E-state index is 0.686. The summed E-state index contributed by atoms with van der Waals surface area (Å²) < 4.78 is 6.63. The molecule has 0 saturated heterocycles. The van der Waals surface area contributed by atoms with Gasteiger partial charge in [-0.15, -0.1) is 0 Å². The van der Waals surface area contributed by atoms with Crippen molar-refractivity contribution in [3.05, 3.63) is 69.7 Å². The van der Waals surface area contributed by atoms with E-state index in [2.05, 4.69) is 63.7 Å². The van der Waals surface area contributed by atoms with Crippen LogP contribution in [0.3, 0.4) is 0 Å². The molecule has 0 unspecified atom stereocenters. The van der Waals surface area contributed by atoms with E-state index in [4.69, 9.17) is 4.74 Å². The number of benzene rings is 2. The van der Waals surface area contributed by atoms with Crippen LogP contribution in [0.5, 0.6) is 0 Å². The van der Waals surface area contributed by atoms with E-state index in [9.17, 15) is 0 Å². The second-order valence-corrected chi connectivity index (χ2v) is 5.55. The van der Waals surface area contributed by atoms with Gasteiger partial charge in [0, 0.05) is 24.2 Å². The molecule has 0 atom stereocenters. The summed E-state index contributed by atoms with van der Waals surface area (Å²) in [6.45, 7) is 5.18. The molecule has 2 aromatic carbocycles. The molecule has 3 heteroatoms. The Bertz CT molecular complexity index is 542. The first-order valence-corrected chi connectivity index (χ1v) is 7.68. The fraction of sp³-hybridized carbons (Fsp3) is 0.294. The van der Waals surface area contributed by atoms with Gasteiger partial charge in [-0.3, -0.25) is 0 Å². The molecule has 20 heavy (non-hydrogen) atoms. The molecular formula is C17H20BrNO. The largest absolute Gasteiger partial charge is 0.377 e. The maximum absolute atomic E-state index is 5.51. The van der Waals surface area contributed by atoms with Gasteiger partial charge in [0.2, 0.25) is 0 Å². The Labute approximate surface area is 129 Å². The van der Waals surface area contributed by atoms with Crippen molar-refractivity contribution in [2.45, 2.75) is 26.6 Å². The van der Waals surface area contributed by atoms with Gasteiger partial charge in [-0.1, -0.05) is 52.3 Å². The topological polar surface area (TPSA) is 21.3 Å². The molecule has 0 aliphatic heterocycles. The van der Waals surface area contributed by atoms with E-state index < -0.39 is 0 Å². The Morgan fingerprint density at radius 1 is 1.00 bits per heavy atom. The molecule has 0 heterocycles. The average molecular weight is 334 g/mol. The molecule has 0 aliphatic carbocycles. The van der Waals surface area contributed by atoms with Gasteiger partial charge in [0.05, 0.1) is 6.61 Å². The first kappa shape index (κ1) is 15.2. The molecular weight excluding hydrogens is 314 g/mol. The monoisotopic (exact) mass is 333 g/mol. The minimum absolute atomic E-state index is 0.686. The molecule has 0 radical (unpaired) electrons. The number of rotatable bonds is 7. The zero-order chi connectivity index (χ0) is 14.2. The van der Waals surface area contributed by atoms with Crippen molar-refractivity contribution < 1.29 is 4.74 Å². The molecule has 0 fully saturated rings. The zero-order valence-electron chi connectivity index (χ0n) is 11.7. The van der Waals surface area contributed by atoms with Crippen molar-refractivity contribution in [1.29, 1.82) is 0 Å². The Hall–Kier alpha value is -1.16. The fourth-order valence-corrected chi connectivity index (χ4v) is 2.52. The Kier molecular flexibility index (Phi) is 6.25. The third kappa shape index (κ3) is 4.75. The predicted molar refractivity (Wildman–Crippen MR) is 86.5 cm³/mol. The van der Waals surface area contributed by atoms with Gasteiger partial charge in [-0.2, -0.15) is 0 Å². The van der Waals surface area contributed by atoms with Gasteiger partial charge in [-0.05, 0) is 35.7 Å². The second kappa shape index (κ2) is 8.20. The molecule has 0 spiro atoms. The van der Waals surface area contributed by atoms with Crippen molar-refractivity contribution in [3.63, 3.8) is 0 Å². The minimum Gasteiger partial charge on any atom is -0.377 e. The summed E-state index contributed by atoms with van der Waals surface area (Å²) in [7, 11) is 0. The smallest absolute Gasteiger partial charge is 0.0719 e. The van der Waals surface area contributed by atoms with Crippen molar-refractivity contribution in [1.82, 2.24) is 5.32 Å². The molecule has 0 amide bonds. The van der Waals surface area contributed by atoms with Crippen molar-refractivity contribution in [2.75, 3.05) is 6.61 Å². The van der Waals surface area contributed by atoms with Crippen molar-refractivity contribution in [3.8, 4) is 0 Å². The lowest BCUT2D eigenvalue weighted by Crippen LogP contribution is -2.14. The van der Waals surface area contributed by atoms with E-state index in [0.29, 0.717) is 6.61 Å². The predicted octanol–water partition coefficient (Wildman–Crippen LogP) is 4.28. The van der Waals surface area contributed by atoms with Crippen molar-refractivity contribution in [2.24, 2.45) is 0 Å². The lowest BCUT2D eigenvalue weighted by atomic mass is 10.1. The third-order valence-corrected chi connectivity index (χ3v) is 3.61. The number of nitrogens with one attached hydrogen (secondary N) is 1. The van der Waals surface area contributed by atoms with Gasteiger partial charge < -0.3 is 10.1 Å². The van der Waals surface area contributed by atoms with E-state index in [1.807, 2.05) is 13.0 Å². The van der Waals surface area contributed by atoms with E-state index in [0.717, 1.165) is 24.2 Å². The first-order valence-electron chi connectivity index (χ1n) is 6.89. The molecule has 2 rings (SSSR count). The van der Waals surface area contributed by atoms with Crippen LogP contribution in [0.1, 0.15) is 23.6 Å². The van der Waals surface area contributed by atoms with Crippen LogP contribution in [-0.2, 0) is 24.4 Å². The fourth-order valence-electron chi connectivity index (χ4n) is 2.07. The van der Waals surface area contributed by atoms with Crippen LogP contribution in [-0.4, -0.2) is 6.61 Å². The van der Waals surface area contributed by atoms with Gasteiger partial charge in [0.15, 0.2) is 0 Å². The van der Waals surface area contributed by atoms with Crippen LogP contribution in [0.4, 0.5) is 0 Å². The summed E-state index contributed by atoms with van der Waals surface area (Å²) in [6.07, 6.45) is 0. The second-order valence-electron chi connectivity index (χ2n) is 4.64. The zero-order valence-corrected chi connectivity index (χ0v) is 13.3. The Balaban J connectivity index is 1.90. The molecule has 0 aliphatic rings. The molecule has 0 bridgehead atoms. The lowest BCUT2D eigenvalue weighted by Gasteiger charge is -2.11. The Morgan fingerprint density at radius 2 is 1.80 bits per heavy atom. The lowest BCUT2D eigenvalue weighted by molar-refractivity contribution is 0.133. The molecule has 106 valence electrons. The van der Waals surface area contributed by atoms with E-state index >= 15 is 0 Å². The van der Waals surface area contributed by atoms with Crippen molar-refractivity contribution >= 4 is 15.9 Å². The van der Waals surface area contributed by atoms with Crippen LogP contribution in [0.25, 0.3) is 0 Å². The summed E-state index contributed by atoms with van der Waals surface area (Å²) >= 11 is 3.49. The Morgan fingerprint density at radius 3 is 2.55 bits per heavy atom. The molecule has 0 saturated carbocycles. The highest BCUT2D eigenvalue weighted by molar-refractivity contribution is 9.10. The first-order chi connectivity index (χ1) is 9.79. The van der Waals surface area contributed by atoms with Crippen LogP contribution >= 0.6 is 15.9 Å². The van der Waals surface area contributed by atoms with Crippen LogP contribution in [0.15, 0.2) is 53.0 Å². The number of hydrogen-bond acceptors (Lipinski definition) is 2. The number of ether oxygens (including phenoxy) is 1. The van der Waals surface area contributed by atoms with Crippen LogP contribution in [0.2, 0.25) is 0 Å². The third-order valence-electron chi connectivity index (χ3n) is 3.11. The summed E-state index contributed by atoms with van der Waals surface area (Å²) in [5.41, 5.74) is 3.84. The van der Waals surface area contributed by atoms with E-state index in [-0.39, 0.29) is 0 Å².